The van der Waals surface area contributed by atoms with Crippen molar-refractivity contribution in [2.45, 2.75) is 40.7 Å². The molecule has 1 unspecified atom stereocenters. The van der Waals surface area contributed by atoms with Crippen molar-refractivity contribution >= 4 is 32.5 Å². The van der Waals surface area contributed by atoms with Crippen molar-refractivity contribution < 1.29 is 21.8 Å². The lowest BCUT2D eigenvalue weighted by Crippen LogP contribution is -3.00. The van der Waals surface area contributed by atoms with E-state index in [4.69, 9.17) is 0 Å². The molecule has 1 N–H and O–H groups in total. The van der Waals surface area contributed by atoms with Crippen molar-refractivity contribution in [3.8, 4) is 0 Å². The molecule has 3 rings (SSSR count). The number of aromatic nitrogens is 1. The van der Waals surface area contributed by atoms with Crippen LogP contribution in [0.4, 0.5) is 5.13 Å². The molecule has 0 fully saturated rings. The fourth-order valence-electron chi connectivity index (χ4n) is 2.68. The fraction of sp³-hybridized carbons (Fsp3) is 0.300. The van der Waals surface area contributed by atoms with E-state index in [1.165, 1.54) is 16.7 Å². The first-order valence-corrected chi connectivity index (χ1v) is 8.93. The number of hydrogen-bond acceptors (Lipinski definition) is 4. The number of nitrogens with one attached hydrogen (secondary N) is 1. The van der Waals surface area contributed by atoms with Crippen LogP contribution >= 0.6 is 11.3 Å². The number of Topliss-reactive ketones (excluding diaryl/α,β-unsaturated/α-hetero) is 1. The summed E-state index contributed by atoms with van der Waals surface area (Å²) in [5, 5.41) is 4.06. The first-order chi connectivity index (χ1) is 11.4. The van der Waals surface area contributed by atoms with Crippen molar-refractivity contribution in [3.05, 3.63) is 58.1 Å². The molecular formula is C20H22BrN2OS-. The van der Waals surface area contributed by atoms with Gasteiger partial charge >= 0.3 is 0 Å². The summed E-state index contributed by atoms with van der Waals surface area (Å²) in [7, 11) is 0. The second-order valence-electron chi connectivity index (χ2n) is 6.40. The maximum absolute atomic E-state index is 12.7. The Morgan fingerprint density at radius 3 is 2.40 bits per heavy atom. The smallest absolute Gasteiger partial charge is 0.184 e. The lowest BCUT2D eigenvalue weighted by molar-refractivity contribution is -0.0000125. The standard InChI is InChI=1S/C20H22N2OS.BrH/c1-11-6-8-16(10-13(11)3)19(23)15(5)21-20-22-18-14(4)12(2)7-9-17(18)24-20;/h6-10,15H,1-5H3,(H,21,22);1H/p-1. The molecular weight excluding hydrogens is 396 g/mol. The number of fused-ring (bicyclic) bond motifs is 1. The average Bonchev–Trinajstić information content (AvgIpc) is 2.96. The first kappa shape index (κ1) is 19.6. The van der Waals surface area contributed by atoms with E-state index in [9.17, 15) is 4.79 Å². The number of nitrogens with zero attached hydrogens (tertiary/aromatic N) is 1. The molecule has 3 nitrogen and oxygen atoms in total. The number of hydrogen-bond donors (Lipinski definition) is 1. The Balaban J connectivity index is 0.00000225. The van der Waals surface area contributed by atoms with E-state index in [1.807, 2.05) is 32.0 Å². The van der Waals surface area contributed by atoms with Gasteiger partial charge in [0.25, 0.3) is 0 Å². The van der Waals surface area contributed by atoms with Gasteiger partial charge < -0.3 is 22.3 Å². The van der Waals surface area contributed by atoms with Crippen LogP contribution in [0.15, 0.2) is 30.3 Å². The Bertz CT molecular complexity index is 933. The van der Waals surface area contributed by atoms with Crippen LogP contribution in [0, 0.1) is 27.7 Å². The molecule has 1 atom stereocenters. The van der Waals surface area contributed by atoms with Crippen LogP contribution in [0.2, 0.25) is 0 Å². The molecule has 0 bridgehead atoms. The Hall–Kier alpha value is -1.72. The molecule has 5 heteroatoms. The van der Waals surface area contributed by atoms with Gasteiger partial charge in [0.15, 0.2) is 10.9 Å². The Morgan fingerprint density at radius 2 is 1.72 bits per heavy atom. The molecule has 2 aromatic carbocycles. The molecule has 0 aliphatic heterocycles. The maximum atomic E-state index is 12.7. The number of ketones is 1. The zero-order valence-corrected chi connectivity index (χ0v) is 17.5. The third-order valence-electron chi connectivity index (χ3n) is 4.61. The van der Waals surface area contributed by atoms with Gasteiger partial charge in [0, 0.05) is 5.56 Å². The van der Waals surface area contributed by atoms with Gasteiger partial charge in [0.2, 0.25) is 0 Å². The number of rotatable bonds is 4. The summed E-state index contributed by atoms with van der Waals surface area (Å²) in [6.45, 7) is 10.2. The number of carbonyl (C=O) groups is 1. The van der Waals surface area contributed by atoms with Gasteiger partial charge in [-0.05, 0) is 69.0 Å². The highest BCUT2D eigenvalue weighted by Crippen LogP contribution is 2.30. The van der Waals surface area contributed by atoms with Gasteiger partial charge in [-0.3, -0.25) is 4.79 Å². The van der Waals surface area contributed by atoms with Crippen LogP contribution in [0.1, 0.15) is 39.5 Å². The van der Waals surface area contributed by atoms with E-state index >= 15 is 0 Å². The van der Waals surface area contributed by atoms with Crippen molar-refractivity contribution in [2.75, 3.05) is 5.32 Å². The molecule has 0 saturated heterocycles. The van der Waals surface area contributed by atoms with Crippen LogP contribution in [-0.2, 0) is 0 Å². The van der Waals surface area contributed by atoms with E-state index in [1.54, 1.807) is 11.3 Å². The van der Waals surface area contributed by atoms with E-state index in [0.29, 0.717) is 0 Å². The van der Waals surface area contributed by atoms with Crippen molar-refractivity contribution in [1.29, 1.82) is 0 Å². The van der Waals surface area contributed by atoms with Crippen LogP contribution in [-0.4, -0.2) is 16.8 Å². The molecule has 0 aliphatic rings. The number of aryl methyl sites for hydroxylation is 4. The first-order valence-electron chi connectivity index (χ1n) is 8.11. The van der Waals surface area contributed by atoms with Gasteiger partial charge in [-0.1, -0.05) is 29.5 Å². The summed E-state index contributed by atoms with van der Waals surface area (Å²) < 4.78 is 1.14. The van der Waals surface area contributed by atoms with Crippen molar-refractivity contribution in [2.24, 2.45) is 0 Å². The molecule has 0 amide bonds. The quantitative estimate of drug-likeness (QED) is 0.661. The largest absolute Gasteiger partial charge is 1.00 e. The fourth-order valence-corrected chi connectivity index (χ4v) is 3.70. The van der Waals surface area contributed by atoms with Crippen LogP contribution in [0.25, 0.3) is 10.2 Å². The van der Waals surface area contributed by atoms with Crippen LogP contribution < -0.4 is 22.3 Å². The van der Waals surface area contributed by atoms with E-state index in [0.717, 1.165) is 26.5 Å². The number of halogens is 1. The zero-order valence-electron chi connectivity index (χ0n) is 15.1. The molecule has 25 heavy (non-hydrogen) atoms. The minimum absolute atomic E-state index is 0. The molecule has 1 heterocycles. The summed E-state index contributed by atoms with van der Waals surface area (Å²) in [6, 6.07) is 9.75. The topological polar surface area (TPSA) is 42.0 Å². The van der Waals surface area contributed by atoms with Crippen LogP contribution in [0.3, 0.4) is 0 Å². The molecule has 3 aromatic rings. The molecule has 0 saturated carbocycles. The van der Waals surface area contributed by atoms with Crippen molar-refractivity contribution in [3.63, 3.8) is 0 Å². The predicted molar refractivity (Wildman–Crippen MR) is 102 cm³/mol. The van der Waals surface area contributed by atoms with Gasteiger partial charge in [-0.2, -0.15) is 0 Å². The Morgan fingerprint density at radius 1 is 1.04 bits per heavy atom. The molecule has 0 aliphatic carbocycles. The summed E-state index contributed by atoms with van der Waals surface area (Å²) in [4.78, 5) is 17.3. The van der Waals surface area contributed by atoms with E-state index in [2.05, 4.69) is 43.2 Å². The molecule has 132 valence electrons. The van der Waals surface area contributed by atoms with Gasteiger partial charge in [-0.15, -0.1) is 0 Å². The SMILES string of the molecule is Cc1ccc(C(=O)C(C)Nc2nc3c(C)c(C)ccc3s2)cc1C.[Br-]. The average molecular weight is 418 g/mol. The third kappa shape index (κ3) is 3.93. The van der Waals surface area contributed by atoms with Gasteiger partial charge in [0.1, 0.15) is 0 Å². The molecule has 0 radical (unpaired) electrons. The number of anilines is 1. The summed E-state index contributed by atoms with van der Waals surface area (Å²) in [5.74, 6) is 0.0882. The minimum Gasteiger partial charge on any atom is -1.00 e. The second kappa shape index (κ2) is 7.67. The van der Waals surface area contributed by atoms with Gasteiger partial charge in [-0.25, -0.2) is 4.98 Å². The third-order valence-corrected chi connectivity index (χ3v) is 5.56. The normalized spacial score (nSPS) is 11.9. The van der Waals surface area contributed by atoms with E-state index < -0.39 is 0 Å². The second-order valence-corrected chi connectivity index (χ2v) is 7.43. The summed E-state index contributed by atoms with van der Waals surface area (Å²) in [5.41, 5.74) is 6.53. The Kier molecular flexibility index (Phi) is 6.01. The molecule has 1 aromatic heterocycles. The monoisotopic (exact) mass is 417 g/mol. The highest BCUT2D eigenvalue weighted by molar-refractivity contribution is 7.22. The number of carbonyl (C=O) groups excluding carboxylic acids is 1. The summed E-state index contributed by atoms with van der Waals surface area (Å²) >= 11 is 1.59. The van der Waals surface area contributed by atoms with Crippen molar-refractivity contribution in [1.82, 2.24) is 4.98 Å². The predicted octanol–water partition coefficient (Wildman–Crippen LogP) is 2.22. The lowest BCUT2D eigenvalue weighted by Gasteiger charge is -2.12. The lowest BCUT2D eigenvalue weighted by atomic mass is 10.0. The highest BCUT2D eigenvalue weighted by Gasteiger charge is 2.17. The molecule has 0 spiro atoms. The van der Waals surface area contributed by atoms with Gasteiger partial charge in [0.05, 0.1) is 16.3 Å². The number of benzene rings is 2. The van der Waals surface area contributed by atoms with Crippen LogP contribution in [0.5, 0.6) is 0 Å². The Labute approximate surface area is 163 Å². The zero-order chi connectivity index (χ0) is 17.4. The van der Waals surface area contributed by atoms with E-state index in [-0.39, 0.29) is 28.8 Å². The number of thiazole rings is 1. The summed E-state index contributed by atoms with van der Waals surface area (Å²) in [6.07, 6.45) is 0. The maximum Gasteiger partial charge on any atom is 0.184 e. The highest BCUT2D eigenvalue weighted by atomic mass is 79.9. The minimum atomic E-state index is -0.311.